The van der Waals surface area contributed by atoms with E-state index in [1.807, 2.05) is 37.3 Å². The smallest absolute Gasteiger partial charge is 0.300 e. The van der Waals surface area contributed by atoms with Gasteiger partial charge in [0, 0.05) is 23.6 Å². The van der Waals surface area contributed by atoms with E-state index < -0.39 is 17.7 Å². The Morgan fingerprint density at radius 1 is 1.03 bits per heavy atom. The number of aliphatic hydroxyl groups is 1. The zero-order valence-electron chi connectivity index (χ0n) is 16.1. The Morgan fingerprint density at radius 2 is 1.70 bits per heavy atom. The number of hydrogen-bond acceptors (Lipinski definition) is 5. The second-order valence-corrected chi connectivity index (χ2v) is 6.92. The fraction of sp³-hybridized carbons (Fsp3) is 0.0833. The third-order valence-electron chi connectivity index (χ3n) is 5.16. The number of hydrogen-bond donors (Lipinski definition) is 1. The first-order chi connectivity index (χ1) is 14.5. The van der Waals surface area contributed by atoms with Gasteiger partial charge in [0.05, 0.1) is 23.2 Å². The molecule has 1 saturated heterocycles. The first-order valence-electron chi connectivity index (χ1n) is 9.30. The second-order valence-electron chi connectivity index (χ2n) is 6.92. The average molecular weight is 395 g/mol. The molecule has 1 N–H and O–H groups in total. The highest BCUT2D eigenvalue weighted by Gasteiger charge is 2.47. The minimum atomic E-state index is -0.799. The first kappa shape index (κ1) is 19.1. The Morgan fingerprint density at radius 3 is 2.33 bits per heavy atom. The number of carbonyl (C=O) groups is 2. The molecule has 4 rings (SSSR count). The third kappa shape index (κ3) is 3.12. The summed E-state index contributed by atoms with van der Waals surface area (Å²) in [7, 11) is 0. The highest BCUT2D eigenvalue weighted by molar-refractivity contribution is 6.51. The van der Waals surface area contributed by atoms with Crippen molar-refractivity contribution in [1.29, 1.82) is 5.26 Å². The van der Waals surface area contributed by atoms with Crippen LogP contribution in [0.1, 0.15) is 28.3 Å². The van der Waals surface area contributed by atoms with Gasteiger partial charge in [-0.1, -0.05) is 24.3 Å². The van der Waals surface area contributed by atoms with Gasteiger partial charge in [-0.15, -0.1) is 0 Å². The molecule has 1 amide bonds. The molecule has 146 valence electrons. The SMILES string of the molecule is Cc1ccccc1C1/C(=C(/O)c2ccncc2)C(=O)C(=O)N1c1ccc(C#N)cc1. The van der Waals surface area contributed by atoms with Crippen LogP contribution < -0.4 is 4.90 Å². The van der Waals surface area contributed by atoms with Crippen LogP contribution >= 0.6 is 0 Å². The fourth-order valence-corrected chi connectivity index (χ4v) is 3.65. The Hall–Kier alpha value is -4.24. The summed E-state index contributed by atoms with van der Waals surface area (Å²) in [5, 5.41) is 20.1. The molecule has 1 unspecified atom stereocenters. The molecule has 1 atom stereocenters. The van der Waals surface area contributed by atoms with Crippen molar-refractivity contribution < 1.29 is 14.7 Å². The summed E-state index contributed by atoms with van der Waals surface area (Å²) in [4.78, 5) is 31.4. The van der Waals surface area contributed by atoms with Crippen LogP contribution in [-0.4, -0.2) is 21.8 Å². The number of aryl methyl sites for hydroxylation is 1. The number of carbonyl (C=O) groups excluding carboxylic acids is 2. The van der Waals surface area contributed by atoms with E-state index in [2.05, 4.69) is 4.98 Å². The van der Waals surface area contributed by atoms with E-state index in [9.17, 15) is 14.7 Å². The zero-order valence-corrected chi connectivity index (χ0v) is 16.1. The number of anilines is 1. The maximum absolute atomic E-state index is 13.1. The molecule has 1 aliphatic rings. The first-order valence-corrected chi connectivity index (χ1v) is 9.30. The molecule has 1 aliphatic heterocycles. The minimum Gasteiger partial charge on any atom is -0.507 e. The summed E-state index contributed by atoms with van der Waals surface area (Å²) in [6, 6.07) is 18.3. The molecule has 1 fully saturated rings. The summed E-state index contributed by atoms with van der Waals surface area (Å²) in [6.07, 6.45) is 3.02. The largest absolute Gasteiger partial charge is 0.507 e. The number of ketones is 1. The van der Waals surface area contributed by atoms with Gasteiger partial charge >= 0.3 is 0 Å². The van der Waals surface area contributed by atoms with E-state index in [1.165, 1.54) is 17.3 Å². The van der Waals surface area contributed by atoms with Crippen molar-refractivity contribution >= 4 is 23.1 Å². The van der Waals surface area contributed by atoms with Crippen LogP contribution in [0.15, 0.2) is 78.6 Å². The summed E-state index contributed by atoms with van der Waals surface area (Å²) >= 11 is 0. The normalized spacial score (nSPS) is 17.7. The van der Waals surface area contributed by atoms with Gasteiger partial charge in [0.1, 0.15) is 5.76 Å². The molecule has 1 aromatic heterocycles. The molecule has 0 radical (unpaired) electrons. The van der Waals surface area contributed by atoms with Crippen LogP contribution in [-0.2, 0) is 9.59 Å². The number of aromatic nitrogens is 1. The molecule has 0 saturated carbocycles. The highest BCUT2D eigenvalue weighted by atomic mass is 16.3. The van der Waals surface area contributed by atoms with E-state index in [0.717, 1.165) is 11.1 Å². The predicted molar refractivity (Wildman–Crippen MR) is 111 cm³/mol. The molecule has 0 spiro atoms. The molecule has 6 heteroatoms. The Balaban J connectivity index is 1.96. The van der Waals surface area contributed by atoms with Gasteiger partial charge in [-0.25, -0.2) is 0 Å². The van der Waals surface area contributed by atoms with E-state index >= 15 is 0 Å². The number of rotatable bonds is 3. The lowest BCUT2D eigenvalue weighted by molar-refractivity contribution is -0.132. The minimum absolute atomic E-state index is 0.0184. The lowest BCUT2D eigenvalue weighted by Gasteiger charge is -2.26. The maximum atomic E-state index is 13.1. The summed E-state index contributed by atoms with van der Waals surface area (Å²) in [5.41, 5.74) is 2.95. The number of nitrogens with zero attached hydrogens (tertiary/aromatic N) is 3. The second kappa shape index (κ2) is 7.64. The maximum Gasteiger partial charge on any atom is 0.300 e. The summed E-state index contributed by atoms with van der Waals surface area (Å²) in [6.45, 7) is 1.89. The molecule has 30 heavy (non-hydrogen) atoms. The Labute approximate surface area is 173 Å². The van der Waals surface area contributed by atoms with Gasteiger partial charge in [-0.3, -0.25) is 19.5 Å². The highest BCUT2D eigenvalue weighted by Crippen LogP contribution is 2.42. The molecule has 0 aliphatic carbocycles. The van der Waals surface area contributed by atoms with Crippen LogP contribution in [0.25, 0.3) is 5.76 Å². The van der Waals surface area contributed by atoms with Crippen molar-refractivity contribution in [3.05, 3.63) is 101 Å². The number of aliphatic hydroxyl groups excluding tert-OH is 1. The third-order valence-corrected chi connectivity index (χ3v) is 5.16. The molecule has 3 aromatic rings. The lowest BCUT2D eigenvalue weighted by atomic mass is 9.92. The van der Waals surface area contributed by atoms with Crippen LogP contribution in [0.4, 0.5) is 5.69 Å². The summed E-state index contributed by atoms with van der Waals surface area (Å²) < 4.78 is 0. The van der Waals surface area contributed by atoms with Gasteiger partial charge in [0.2, 0.25) is 0 Å². The average Bonchev–Trinajstić information content (AvgIpc) is 3.04. The zero-order chi connectivity index (χ0) is 21.3. The predicted octanol–water partition coefficient (Wildman–Crippen LogP) is 3.89. The topological polar surface area (TPSA) is 94.3 Å². The van der Waals surface area contributed by atoms with E-state index in [0.29, 0.717) is 16.8 Å². The molecule has 2 aromatic carbocycles. The standard InChI is InChI=1S/C24H17N3O3/c1-15-4-2-3-5-19(15)21-20(22(28)17-10-12-26-13-11-17)23(29)24(30)27(21)18-8-6-16(14-25)7-9-18/h2-13,21,28H,1H3/b22-20-. The van der Waals surface area contributed by atoms with Crippen molar-refractivity contribution in [3.63, 3.8) is 0 Å². The van der Waals surface area contributed by atoms with Crippen LogP contribution in [0.5, 0.6) is 0 Å². The van der Waals surface area contributed by atoms with Crippen molar-refractivity contribution in [3.8, 4) is 6.07 Å². The monoisotopic (exact) mass is 395 g/mol. The van der Waals surface area contributed by atoms with Gasteiger partial charge in [-0.2, -0.15) is 5.26 Å². The van der Waals surface area contributed by atoms with Gasteiger partial charge < -0.3 is 5.11 Å². The van der Waals surface area contributed by atoms with Crippen molar-refractivity contribution in [2.45, 2.75) is 13.0 Å². The van der Waals surface area contributed by atoms with Gasteiger partial charge in [-0.05, 0) is 54.4 Å². The van der Waals surface area contributed by atoms with Crippen LogP contribution in [0.2, 0.25) is 0 Å². The molecular weight excluding hydrogens is 378 g/mol. The van der Waals surface area contributed by atoms with E-state index in [1.54, 1.807) is 36.4 Å². The van der Waals surface area contributed by atoms with Crippen molar-refractivity contribution in [1.82, 2.24) is 4.98 Å². The van der Waals surface area contributed by atoms with Crippen LogP contribution in [0, 0.1) is 18.3 Å². The van der Waals surface area contributed by atoms with Crippen molar-refractivity contribution in [2.24, 2.45) is 0 Å². The quantitative estimate of drug-likeness (QED) is 0.412. The molecule has 0 bridgehead atoms. The fourth-order valence-electron chi connectivity index (χ4n) is 3.65. The Kier molecular flexibility index (Phi) is 4.87. The van der Waals surface area contributed by atoms with Gasteiger partial charge in [0.15, 0.2) is 0 Å². The number of amides is 1. The van der Waals surface area contributed by atoms with Gasteiger partial charge in [0.25, 0.3) is 11.7 Å². The molecular formula is C24H17N3O3. The number of pyridine rings is 1. The molecule has 2 heterocycles. The number of benzene rings is 2. The summed E-state index contributed by atoms with van der Waals surface area (Å²) in [5.74, 6) is -1.74. The van der Waals surface area contributed by atoms with Crippen molar-refractivity contribution in [2.75, 3.05) is 4.90 Å². The molecule has 6 nitrogen and oxygen atoms in total. The number of nitriles is 1. The Bertz CT molecular complexity index is 1210. The van der Waals surface area contributed by atoms with E-state index in [4.69, 9.17) is 5.26 Å². The van der Waals surface area contributed by atoms with E-state index in [-0.39, 0.29) is 11.3 Å². The van der Waals surface area contributed by atoms with Crippen LogP contribution in [0.3, 0.4) is 0 Å². The number of Topliss-reactive ketones (excluding diaryl/α,β-unsaturated/α-hetero) is 1. The lowest BCUT2D eigenvalue weighted by Crippen LogP contribution is -2.29.